The molecule has 0 aromatic carbocycles. The Balaban J connectivity index is 1.72. The zero-order chi connectivity index (χ0) is 49.5. The van der Waals surface area contributed by atoms with Gasteiger partial charge in [-0.25, -0.2) is 4.57 Å². The molecule has 0 aliphatic carbocycles. The molecule has 14 nitrogen and oxygen atoms in total. The van der Waals surface area contributed by atoms with Crippen LogP contribution in [0.2, 0.25) is 0 Å². The average Bonchev–Trinajstić information content (AvgIpc) is 3.53. The number of ether oxygens (including phenoxy) is 3. The molecule has 388 valence electrons. The van der Waals surface area contributed by atoms with Gasteiger partial charge in [-0.2, -0.15) is 0 Å². The first kappa shape index (κ1) is 60.7. The monoisotopic (exact) mass is 971 g/mol. The molecule has 15 heteroatoms. The van der Waals surface area contributed by atoms with E-state index in [0.29, 0.717) is 43.1 Å². The first-order valence-corrected chi connectivity index (χ1v) is 27.3. The van der Waals surface area contributed by atoms with Gasteiger partial charge in [-0.3, -0.25) is 18.6 Å². The molecule has 2 rings (SSSR count). The van der Waals surface area contributed by atoms with Crippen molar-refractivity contribution in [3.8, 4) is 0 Å². The topological polar surface area (TPSA) is 191 Å². The van der Waals surface area contributed by atoms with Crippen LogP contribution in [0.15, 0.2) is 28.7 Å². The molecular weight excluding hydrogens is 878 g/mol. The maximum absolute atomic E-state index is 12.9. The summed E-state index contributed by atoms with van der Waals surface area (Å²) in [5.74, 6) is 1.03. The Labute approximate surface area is 404 Å². The number of nitrogens with zero attached hydrogens (tertiary/aromatic N) is 1. The lowest BCUT2D eigenvalue weighted by Gasteiger charge is -2.36. The van der Waals surface area contributed by atoms with Crippen LogP contribution in [-0.4, -0.2) is 115 Å². The Bertz CT molecular complexity index is 1590. The summed E-state index contributed by atoms with van der Waals surface area (Å²) in [5.41, 5.74) is 2.66. The van der Waals surface area contributed by atoms with Gasteiger partial charge in [-0.15, -0.1) is 0 Å². The Morgan fingerprint density at radius 2 is 1.36 bits per heavy atom. The maximum atomic E-state index is 12.9. The number of aryl methyl sites for hydroxylation is 2. The second-order valence-electron chi connectivity index (χ2n) is 19.7. The van der Waals surface area contributed by atoms with E-state index in [4.69, 9.17) is 27.7 Å². The van der Waals surface area contributed by atoms with Crippen molar-refractivity contribution in [2.24, 2.45) is 5.92 Å². The van der Waals surface area contributed by atoms with E-state index in [1.165, 1.54) is 67.6 Å². The first-order chi connectivity index (χ1) is 31.9. The number of furan rings is 1. The van der Waals surface area contributed by atoms with Crippen LogP contribution in [0.4, 0.5) is 0 Å². The van der Waals surface area contributed by atoms with Gasteiger partial charge in [0, 0.05) is 38.0 Å². The number of hydrogen-bond donors (Lipinski definition) is 4. The quantitative estimate of drug-likeness (QED) is 0.0160. The normalized spacial score (nSPS) is 19.8. The van der Waals surface area contributed by atoms with E-state index < -0.39 is 57.1 Å². The number of allylic oxidation sites excluding steroid dienone is 2. The summed E-state index contributed by atoms with van der Waals surface area (Å²) in [7, 11) is 1.31. The lowest BCUT2D eigenvalue weighted by Crippen LogP contribution is -2.43. The van der Waals surface area contributed by atoms with Crippen molar-refractivity contribution < 1.29 is 66.5 Å². The van der Waals surface area contributed by atoms with Crippen molar-refractivity contribution in [3.05, 3.63) is 47.0 Å². The molecule has 0 spiro atoms. The summed E-state index contributed by atoms with van der Waals surface area (Å²) >= 11 is 0. The van der Waals surface area contributed by atoms with Crippen molar-refractivity contribution in [1.29, 1.82) is 0 Å². The van der Waals surface area contributed by atoms with Crippen molar-refractivity contribution in [3.63, 3.8) is 0 Å². The predicted octanol–water partition coefficient (Wildman–Crippen LogP) is 10.5. The smallest absolute Gasteiger partial charge is 0.466 e. The third-order valence-corrected chi connectivity index (χ3v) is 13.5. The summed E-state index contributed by atoms with van der Waals surface area (Å²) < 4.78 is 46.4. The largest absolute Gasteiger partial charge is 0.472 e. The molecule has 4 N–H and O–H groups in total. The molecule has 0 bridgehead atoms. The van der Waals surface area contributed by atoms with E-state index >= 15 is 0 Å². The van der Waals surface area contributed by atoms with Crippen LogP contribution < -0.4 is 0 Å². The van der Waals surface area contributed by atoms with Gasteiger partial charge in [-0.05, 0) is 69.9 Å². The minimum absolute atomic E-state index is 0.0176. The Kier molecular flexibility index (Phi) is 31.6. The van der Waals surface area contributed by atoms with E-state index in [9.17, 15) is 34.4 Å². The molecule has 2 unspecified atom stereocenters. The number of esters is 2. The molecule has 1 aliphatic heterocycles. The zero-order valence-electron chi connectivity index (χ0n) is 42.6. The first-order valence-electron chi connectivity index (χ1n) is 25.8. The number of carbonyl (C=O) groups excluding carboxylic acids is 2. The highest BCUT2D eigenvalue weighted by Gasteiger charge is 2.35. The van der Waals surface area contributed by atoms with Gasteiger partial charge < -0.3 is 43.3 Å². The fourth-order valence-corrected chi connectivity index (χ4v) is 8.80. The van der Waals surface area contributed by atoms with Gasteiger partial charge in [0.1, 0.15) is 31.3 Å². The van der Waals surface area contributed by atoms with Crippen LogP contribution in [0.1, 0.15) is 184 Å². The van der Waals surface area contributed by atoms with E-state index in [2.05, 4.69) is 27.7 Å². The van der Waals surface area contributed by atoms with Gasteiger partial charge >= 0.3 is 19.8 Å². The molecule has 7 atom stereocenters. The number of unbranched alkanes of at least 4 members (excludes halogenated alkanes) is 14. The Morgan fingerprint density at radius 1 is 0.776 bits per heavy atom. The third kappa shape index (κ3) is 28.8. The fraction of sp³-hybridized carbons (Fsp3) is 0.808. The molecule has 0 saturated carbocycles. The lowest BCUT2D eigenvalue weighted by atomic mass is 9.87. The summed E-state index contributed by atoms with van der Waals surface area (Å²) in [6.45, 7) is 8.34. The second kappa shape index (κ2) is 34.8. The number of quaternary nitrogens is 1. The van der Waals surface area contributed by atoms with E-state index in [1.54, 1.807) is 12.2 Å². The highest BCUT2D eigenvalue weighted by Crippen LogP contribution is 2.43. The fourth-order valence-electron chi connectivity index (χ4n) is 8.06. The number of likely N-dealkylation sites (N-methyl/N-ethyl adjacent to an activating group) is 1. The standard InChI is InChI=1S/C52H92NO13P/c1-8-10-22-28-43(54)34-35-49-45(46(55)38-52(58)66-49)29-24-20-21-26-32-50(56)61-39-44(40-63-67(59,60)62-37-36-53(5,6)7)64-51(57)33-27-19-17-15-13-12-14-16-18-25-31-48-42(4)41(3)47(65-48)30-23-11-9-2/h20,24,34-35,43-46,49,52,54-55,58H,8-19,21-23,25-33,36-40H2,1-7H3/p+1/b24-20-,35-34+/t43-,44+,45-,46-,49+,52?/m0/s1. The molecule has 67 heavy (non-hydrogen) atoms. The Hall–Kier alpha value is -2.39. The maximum Gasteiger partial charge on any atom is 0.472 e. The van der Waals surface area contributed by atoms with Gasteiger partial charge in [0.25, 0.3) is 0 Å². The number of hydrogen-bond acceptors (Lipinski definition) is 12. The van der Waals surface area contributed by atoms with Gasteiger partial charge in [0.2, 0.25) is 0 Å². The molecule has 1 aliphatic rings. The summed E-state index contributed by atoms with van der Waals surface area (Å²) in [6.07, 6.45) is 25.2. The highest BCUT2D eigenvalue weighted by molar-refractivity contribution is 7.47. The minimum Gasteiger partial charge on any atom is -0.466 e. The SMILES string of the molecule is CCCCCc1oc(CCCCCCCCCCCCC(=O)O[C@H](COC(=O)CCC/C=C\C[C@H]2[C@@H](O)CC(O)O[C@@H]2/C=C/[C@@H](O)CCCCC)COP(=O)(O)OCC[N+](C)(C)C)c(C)c1C. The third-order valence-electron chi connectivity index (χ3n) is 12.5. The molecule has 1 aromatic heterocycles. The molecule has 1 fully saturated rings. The van der Waals surface area contributed by atoms with Crippen molar-refractivity contribution >= 4 is 19.8 Å². The van der Waals surface area contributed by atoms with Crippen LogP contribution in [0.5, 0.6) is 0 Å². The lowest BCUT2D eigenvalue weighted by molar-refractivity contribution is -0.870. The van der Waals surface area contributed by atoms with Crippen LogP contribution in [0.25, 0.3) is 0 Å². The Morgan fingerprint density at radius 3 is 1.99 bits per heavy atom. The average molecular weight is 971 g/mol. The van der Waals surface area contributed by atoms with Crippen LogP contribution in [-0.2, 0) is 50.3 Å². The predicted molar refractivity (Wildman–Crippen MR) is 263 cm³/mol. The molecule has 0 amide bonds. The number of phosphoric acid groups is 1. The number of aliphatic hydroxyl groups is 3. The van der Waals surface area contributed by atoms with Gasteiger partial charge in [0.15, 0.2) is 12.4 Å². The van der Waals surface area contributed by atoms with Crippen LogP contribution >= 0.6 is 7.82 Å². The van der Waals surface area contributed by atoms with E-state index in [1.807, 2.05) is 33.3 Å². The summed E-state index contributed by atoms with van der Waals surface area (Å²) in [5, 5.41) is 31.1. The number of carbonyl (C=O) groups is 2. The number of rotatable bonds is 39. The van der Waals surface area contributed by atoms with Gasteiger partial charge in [0.05, 0.1) is 46.1 Å². The van der Waals surface area contributed by atoms with Crippen LogP contribution in [0, 0.1) is 19.8 Å². The van der Waals surface area contributed by atoms with Crippen molar-refractivity contribution in [2.45, 2.75) is 219 Å². The molecule has 1 aromatic rings. The van der Waals surface area contributed by atoms with Gasteiger partial charge in [-0.1, -0.05) is 122 Å². The summed E-state index contributed by atoms with van der Waals surface area (Å²) in [4.78, 5) is 35.8. The highest BCUT2D eigenvalue weighted by atomic mass is 31.2. The van der Waals surface area contributed by atoms with E-state index in [0.717, 1.165) is 64.2 Å². The van der Waals surface area contributed by atoms with Crippen molar-refractivity contribution in [1.82, 2.24) is 0 Å². The minimum atomic E-state index is -4.46. The van der Waals surface area contributed by atoms with Crippen LogP contribution in [0.3, 0.4) is 0 Å². The molecule has 1 saturated heterocycles. The zero-order valence-corrected chi connectivity index (χ0v) is 43.5. The number of phosphoric ester groups is 1. The second-order valence-corrected chi connectivity index (χ2v) is 21.1. The van der Waals surface area contributed by atoms with Crippen molar-refractivity contribution in [2.75, 3.05) is 47.5 Å². The molecule has 2 heterocycles. The number of aliphatic hydroxyl groups excluding tert-OH is 3. The van der Waals surface area contributed by atoms with E-state index in [-0.39, 0.29) is 38.4 Å². The molecule has 0 radical (unpaired) electrons. The molecular formula is C52H93NO13P+. The summed E-state index contributed by atoms with van der Waals surface area (Å²) in [6, 6.07) is 0.